The van der Waals surface area contributed by atoms with Crippen molar-refractivity contribution in [3.05, 3.63) is 59.6 Å². The van der Waals surface area contributed by atoms with Gasteiger partial charge in [-0.15, -0.1) is 0 Å². The van der Waals surface area contributed by atoms with E-state index in [0.29, 0.717) is 22.8 Å². The average Bonchev–Trinajstić information content (AvgIpc) is 2.78. The number of carbonyl (C=O) groups excluding carboxylic acids is 1. The third kappa shape index (κ3) is 3.31. The highest BCUT2D eigenvalue weighted by molar-refractivity contribution is 6.10. The average molecular weight is 414 g/mol. The predicted octanol–water partition coefficient (Wildman–Crippen LogP) is 5.35. The Morgan fingerprint density at radius 3 is 2.39 bits per heavy atom. The molecule has 4 heteroatoms. The fourth-order valence-electron chi connectivity index (χ4n) is 7.31. The summed E-state index contributed by atoms with van der Waals surface area (Å²) in [5.41, 5.74) is 3.85. The van der Waals surface area contributed by atoms with Crippen molar-refractivity contribution in [1.29, 1.82) is 0 Å². The van der Waals surface area contributed by atoms with E-state index < -0.39 is 0 Å². The molecule has 1 aromatic carbocycles. The fourth-order valence-corrected chi connectivity index (χ4v) is 7.31. The van der Waals surface area contributed by atoms with Crippen LogP contribution in [0.5, 0.6) is 0 Å². The second-order valence-electron chi connectivity index (χ2n) is 10.6. The lowest BCUT2D eigenvalue weighted by Crippen LogP contribution is -2.54. The normalized spacial score (nSPS) is 33.4. The maximum Gasteiger partial charge on any atom is 0.193 e. The van der Waals surface area contributed by atoms with Crippen LogP contribution in [0.3, 0.4) is 0 Å². The Hall–Kier alpha value is -2.49. The van der Waals surface area contributed by atoms with Crippen LogP contribution in [0.4, 0.5) is 0 Å². The quantitative estimate of drug-likeness (QED) is 0.687. The Bertz CT molecular complexity index is 1010. The third-order valence-electron chi connectivity index (χ3n) is 8.58. The summed E-state index contributed by atoms with van der Waals surface area (Å²) in [6.07, 6.45) is 13.8. The molecule has 4 bridgehead atoms. The van der Waals surface area contributed by atoms with Crippen LogP contribution in [0.1, 0.15) is 67.9 Å². The van der Waals surface area contributed by atoms with Gasteiger partial charge in [-0.25, -0.2) is 9.97 Å². The molecule has 160 valence electrons. The molecular weight excluding hydrogens is 382 g/mol. The summed E-state index contributed by atoms with van der Waals surface area (Å²) in [4.78, 5) is 22.3. The number of aryl methyl sites for hydroxylation is 1. The molecule has 1 atom stereocenters. The highest BCUT2D eigenvalue weighted by Crippen LogP contribution is 2.61. The van der Waals surface area contributed by atoms with Crippen LogP contribution in [0.15, 0.2) is 48.3 Å². The second kappa shape index (κ2) is 7.29. The summed E-state index contributed by atoms with van der Waals surface area (Å²) in [5, 5.41) is 3.68. The van der Waals surface area contributed by atoms with Gasteiger partial charge in [0.2, 0.25) is 0 Å². The van der Waals surface area contributed by atoms with Gasteiger partial charge in [-0.05, 0) is 81.5 Å². The van der Waals surface area contributed by atoms with E-state index in [-0.39, 0.29) is 5.78 Å². The van der Waals surface area contributed by atoms with E-state index in [0.717, 1.165) is 47.4 Å². The van der Waals surface area contributed by atoms with Crippen molar-refractivity contribution in [3.63, 3.8) is 0 Å². The van der Waals surface area contributed by atoms with Gasteiger partial charge in [-0.2, -0.15) is 0 Å². The van der Waals surface area contributed by atoms with E-state index in [4.69, 9.17) is 4.98 Å². The molecule has 1 aromatic heterocycles. The smallest absolute Gasteiger partial charge is 0.193 e. The van der Waals surface area contributed by atoms with E-state index in [9.17, 15) is 4.79 Å². The number of allylic oxidation sites excluding steroid dienone is 1. The Morgan fingerprint density at radius 2 is 1.71 bits per heavy atom. The maximum atomic E-state index is 13.1. The SMILES string of the molecule is CC(NC=C1CCc2nc(-c3ccccc3)ncc2C1=O)C12CC3CC(CC(C3)C1)C2. The minimum Gasteiger partial charge on any atom is -0.388 e. The van der Waals surface area contributed by atoms with Crippen molar-refractivity contribution in [2.24, 2.45) is 23.2 Å². The predicted molar refractivity (Wildman–Crippen MR) is 121 cm³/mol. The first-order valence-electron chi connectivity index (χ1n) is 12.0. The van der Waals surface area contributed by atoms with Crippen LogP contribution in [-0.4, -0.2) is 21.8 Å². The highest BCUT2D eigenvalue weighted by atomic mass is 16.1. The number of carbonyl (C=O) groups is 1. The molecule has 2 aromatic rings. The van der Waals surface area contributed by atoms with Gasteiger partial charge < -0.3 is 5.32 Å². The first-order valence-corrected chi connectivity index (χ1v) is 12.0. The Morgan fingerprint density at radius 1 is 1.03 bits per heavy atom. The van der Waals surface area contributed by atoms with Gasteiger partial charge >= 0.3 is 0 Å². The third-order valence-corrected chi connectivity index (χ3v) is 8.58. The molecule has 5 aliphatic rings. The fraction of sp³-hybridized carbons (Fsp3) is 0.519. The lowest BCUT2D eigenvalue weighted by atomic mass is 9.48. The number of hydrogen-bond acceptors (Lipinski definition) is 4. The number of aromatic nitrogens is 2. The number of hydrogen-bond donors (Lipinski definition) is 1. The molecule has 0 saturated heterocycles. The number of benzene rings is 1. The van der Waals surface area contributed by atoms with Gasteiger partial charge in [0.15, 0.2) is 11.6 Å². The molecule has 7 rings (SSSR count). The first kappa shape index (κ1) is 19.2. The largest absolute Gasteiger partial charge is 0.388 e. The molecule has 0 radical (unpaired) electrons. The maximum absolute atomic E-state index is 13.1. The van der Waals surface area contributed by atoms with Crippen LogP contribution in [-0.2, 0) is 6.42 Å². The van der Waals surface area contributed by atoms with E-state index >= 15 is 0 Å². The van der Waals surface area contributed by atoms with Crippen molar-refractivity contribution < 1.29 is 4.79 Å². The van der Waals surface area contributed by atoms with Crippen molar-refractivity contribution in [1.82, 2.24) is 15.3 Å². The Labute approximate surface area is 184 Å². The summed E-state index contributed by atoms with van der Waals surface area (Å²) in [6.45, 7) is 2.35. The molecule has 1 heterocycles. The van der Waals surface area contributed by atoms with E-state index in [1.165, 1.54) is 38.5 Å². The lowest BCUT2D eigenvalue weighted by molar-refractivity contribution is -0.0682. The van der Waals surface area contributed by atoms with E-state index in [2.05, 4.69) is 17.2 Å². The molecule has 1 N–H and O–H groups in total. The van der Waals surface area contributed by atoms with Crippen LogP contribution >= 0.6 is 0 Å². The minimum atomic E-state index is 0.0890. The Balaban J connectivity index is 1.19. The second-order valence-corrected chi connectivity index (χ2v) is 10.6. The summed E-state index contributed by atoms with van der Waals surface area (Å²) in [5.74, 6) is 3.63. The van der Waals surface area contributed by atoms with Gasteiger partial charge in [0.25, 0.3) is 0 Å². The molecule has 0 aliphatic heterocycles. The number of nitrogens with zero attached hydrogens (tertiary/aromatic N) is 2. The highest BCUT2D eigenvalue weighted by Gasteiger charge is 2.53. The zero-order valence-electron chi connectivity index (χ0n) is 18.3. The number of fused-ring (bicyclic) bond motifs is 1. The van der Waals surface area contributed by atoms with Gasteiger partial charge in [0.1, 0.15) is 0 Å². The molecule has 0 amide bonds. The van der Waals surface area contributed by atoms with Crippen LogP contribution in [0.25, 0.3) is 11.4 Å². The van der Waals surface area contributed by atoms with Gasteiger partial charge in [-0.1, -0.05) is 30.3 Å². The standard InChI is InChI=1S/C27H31N3O/c1-17(27-12-18-9-19(13-27)11-20(10-18)14-27)28-15-22-7-8-24-23(25(22)31)16-29-26(30-24)21-5-3-2-4-6-21/h2-6,15-20,28H,7-14H2,1H3. The van der Waals surface area contributed by atoms with Crippen molar-refractivity contribution >= 4 is 5.78 Å². The summed E-state index contributed by atoms with van der Waals surface area (Å²) >= 11 is 0. The summed E-state index contributed by atoms with van der Waals surface area (Å²) < 4.78 is 0. The zero-order valence-corrected chi connectivity index (χ0v) is 18.3. The van der Waals surface area contributed by atoms with Crippen LogP contribution in [0, 0.1) is 23.2 Å². The number of Topliss-reactive ketones (excluding diaryl/α,β-unsaturated/α-hetero) is 1. The lowest BCUT2D eigenvalue weighted by Gasteiger charge is -2.59. The van der Waals surface area contributed by atoms with E-state index in [1.807, 2.05) is 36.5 Å². The monoisotopic (exact) mass is 413 g/mol. The molecule has 5 aliphatic carbocycles. The zero-order chi connectivity index (χ0) is 21.0. The number of nitrogens with one attached hydrogen (secondary N) is 1. The van der Waals surface area contributed by atoms with Crippen molar-refractivity contribution in [3.8, 4) is 11.4 Å². The molecule has 4 saturated carbocycles. The van der Waals surface area contributed by atoms with Crippen molar-refractivity contribution in [2.45, 2.75) is 64.3 Å². The molecule has 1 unspecified atom stereocenters. The van der Waals surface area contributed by atoms with Gasteiger partial charge in [0.05, 0.1) is 11.3 Å². The van der Waals surface area contributed by atoms with Crippen molar-refractivity contribution in [2.75, 3.05) is 0 Å². The number of ketones is 1. The summed E-state index contributed by atoms with van der Waals surface area (Å²) in [7, 11) is 0. The molecule has 4 fully saturated rings. The van der Waals surface area contributed by atoms with E-state index in [1.54, 1.807) is 6.20 Å². The van der Waals surface area contributed by atoms with Crippen LogP contribution in [0.2, 0.25) is 0 Å². The topological polar surface area (TPSA) is 54.9 Å². The van der Waals surface area contributed by atoms with Gasteiger partial charge in [0, 0.05) is 29.6 Å². The molecule has 31 heavy (non-hydrogen) atoms. The minimum absolute atomic E-state index is 0.0890. The van der Waals surface area contributed by atoms with Gasteiger partial charge in [-0.3, -0.25) is 4.79 Å². The molecule has 4 nitrogen and oxygen atoms in total. The molecule has 0 spiro atoms. The Kier molecular flexibility index (Phi) is 4.52. The first-order chi connectivity index (χ1) is 15.1. The molecular formula is C27H31N3O. The number of rotatable bonds is 4. The summed E-state index contributed by atoms with van der Waals surface area (Å²) in [6, 6.07) is 10.4. The van der Waals surface area contributed by atoms with Crippen LogP contribution < -0.4 is 5.32 Å².